The molecule has 0 aliphatic carbocycles. The third-order valence-corrected chi connectivity index (χ3v) is 2.83. The Morgan fingerprint density at radius 3 is 2.44 bits per heavy atom. The molecule has 5 nitrogen and oxygen atoms in total. The predicted octanol–water partition coefficient (Wildman–Crippen LogP) is 0.136. The number of piperazine rings is 1. The van der Waals surface area contributed by atoms with Gasteiger partial charge in [0.25, 0.3) is 0 Å². The van der Waals surface area contributed by atoms with Gasteiger partial charge >= 0.3 is 0 Å². The van der Waals surface area contributed by atoms with Gasteiger partial charge in [-0.05, 0) is 12.5 Å². The highest BCUT2D eigenvalue weighted by Crippen LogP contribution is 2.09. The fourth-order valence-electron chi connectivity index (χ4n) is 1.98. The molecule has 1 aromatic carbocycles. The van der Waals surface area contributed by atoms with Gasteiger partial charge in [0.2, 0.25) is 11.8 Å². The summed E-state index contributed by atoms with van der Waals surface area (Å²) in [5.41, 5.74) is 1.53. The SMILES string of the molecule is Cc1ccccc1C(=O)CN1CC(=O)NC(=O)C1. The number of hydrogen-bond donors (Lipinski definition) is 1. The van der Waals surface area contributed by atoms with Crippen molar-refractivity contribution in [3.63, 3.8) is 0 Å². The first-order chi connectivity index (χ1) is 8.56. The van der Waals surface area contributed by atoms with E-state index < -0.39 is 0 Å². The molecule has 2 amide bonds. The van der Waals surface area contributed by atoms with Crippen LogP contribution in [0.4, 0.5) is 0 Å². The quantitative estimate of drug-likeness (QED) is 0.608. The lowest BCUT2D eigenvalue weighted by atomic mass is 10.0. The highest BCUT2D eigenvalue weighted by atomic mass is 16.2. The number of amides is 2. The minimum absolute atomic E-state index is 0.0735. The Balaban J connectivity index is 2.06. The van der Waals surface area contributed by atoms with Gasteiger partial charge in [0, 0.05) is 5.56 Å². The van der Waals surface area contributed by atoms with E-state index >= 15 is 0 Å². The summed E-state index contributed by atoms with van der Waals surface area (Å²) in [6.45, 7) is 2.12. The number of nitrogens with zero attached hydrogens (tertiary/aromatic N) is 1. The second kappa shape index (κ2) is 5.10. The van der Waals surface area contributed by atoms with Crippen LogP contribution in [0.3, 0.4) is 0 Å². The van der Waals surface area contributed by atoms with Gasteiger partial charge in [-0.25, -0.2) is 0 Å². The Morgan fingerprint density at radius 2 is 1.83 bits per heavy atom. The fourth-order valence-corrected chi connectivity index (χ4v) is 1.98. The molecule has 0 unspecified atom stereocenters. The third kappa shape index (κ3) is 2.81. The summed E-state index contributed by atoms with van der Waals surface area (Å²) in [5, 5.41) is 2.20. The zero-order valence-corrected chi connectivity index (χ0v) is 10.1. The number of nitrogens with one attached hydrogen (secondary N) is 1. The monoisotopic (exact) mass is 246 g/mol. The Labute approximate surface area is 105 Å². The molecule has 1 fully saturated rings. The number of imide groups is 1. The highest BCUT2D eigenvalue weighted by Gasteiger charge is 2.24. The number of rotatable bonds is 3. The second-order valence-corrected chi connectivity index (χ2v) is 4.35. The van der Waals surface area contributed by atoms with Crippen LogP contribution < -0.4 is 5.32 Å². The van der Waals surface area contributed by atoms with Gasteiger partial charge in [-0.3, -0.25) is 24.6 Å². The lowest BCUT2D eigenvalue weighted by Gasteiger charge is -2.24. The zero-order chi connectivity index (χ0) is 13.1. The van der Waals surface area contributed by atoms with Crippen LogP contribution in [0.25, 0.3) is 0 Å². The summed E-state index contributed by atoms with van der Waals surface area (Å²) in [6.07, 6.45) is 0. The summed E-state index contributed by atoms with van der Waals surface area (Å²) in [6, 6.07) is 7.28. The van der Waals surface area contributed by atoms with Crippen LogP contribution in [0.15, 0.2) is 24.3 Å². The van der Waals surface area contributed by atoms with Crippen molar-refractivity contribution >= 4 is 17.6 Å². The molecular weight excluding hydrogens is 232 g/mol. The molecule has 0 bridgehead atoms. The van der Waals surface area contributed by atoms with Gasteiger partial charge in [-0.15, -0.1) is 0 Å². The van der Waals surface area contributed by atoms with E-state index in [2.05, 4.69) is 5.32 Å². The van der Waals surface area contributed by atoms with Crippen molar-refractivity contribution in [1.29, 1.82) is 0 Å². The first-order valence-corrected chi connectivity index (χ1v) is 5.70. The van der Waals surface area contributed by atoms with E-state index in [0.29, 0.717) is 5.56 Å². The third-order valence-electron chi connectivity index (χ3n) is 2.83. The summed E-state index contributed by atoms with van der Waals surface area (Å²) < 4.78 is 0. The van der Waals surface area contributed by atoms with E-state index in [9.17, 15) is 14.4 Å². The summed E-state index contributed by atoms with van der Waals surface area (Å²) in [5.74, 6) is -0.789. The molecular formula is C13H14N2O3. The van der Waals surface area contributed by atoms with Gasteiger partial charge in [0.05, 0.1) is 19.6 Å². The van der Waals surface area contributed by atoms with Gasteiger partial charge < -0.3 is 0 Å². The molecule has 0 radical (unpaired) electrons. The van der Waals surface area contributed by atoms with Gasteiger partial charge in [-0.2, -0.15) is 0 Å². The van der Waals surface area contributed by atoms with Crippen LogP contribution in [0.2, 0.25) is 0 Å². The van der Waals surface area contributed by atoms with E-state index in [1.54, 1.807) is 17.0 Å². The average molecular weight is 246 g/mol. The number of aryl methyl sites for hydroxylation is 1. The second-order valence-electron chi connectivity index (χ2n) is 4.35. The lowest BCUT2D eigenvalue weighted by Crippen LogP contribution is -2.52. The first kappa shape index (κ1) is 12.4. The van der Waals surface area contributed by atoms with Crippen molar-refractivity contribution in [2.45, 2.75) is 6.92 Å². The Bertz CT molecular complexity index is 495. The summed E-state index contributed by atoms with van der Waals surface area (Å²) in [4.78, 5) is 36.0. The number of Topliss-reactive ketones (excluding diaryl/α,β-unsaturated/α-hetero) is 1. The van der Waals surface area contributed by atoms with Crippen molar-refractivity contribution in [3.8, 4) is 0 Å². The van der Waals surface area contributed by atoms with Crippen LogP contribution in [0.1, 0.15) is 15.9 Å². The standard InChI is InChI=1S/C13H14N2O3/c1-9-4-2-3-5-10(9)11(16)6-15-7-12(17)14-13(18)8-15/h2-5H,6-8H2,1H3,(H,14,17,18). The number of benzene rings is 1. The molecule has 1 aromatic rings. The van der Waals surface area contributed by atoms with E-state index in [1.807, 2.05) is 19.1 Å². The van der Waals surface area contributed by atoms with E-state index in [4.69, 9.17) is 0 Å². The summed E-state index contributed by atoms with van der Waals surface area (Å²) >= 11 is 0. The highest BCUT2D eigenvalue weighted by molar-refractivity contribution is 6.02. The van der Waals surface area contributed by atoms with Gasteiger partial charge in [-0.1, -0.05) is 24.3 Å². The lowest BCUT2D eigenvalue weighted by molar-refractivity contribution is -0.135. The minimum Gasteiger partial charge on any atom is -0.294 e. The van der Waals surface area contributed by atoms with Crippen molar-refractivity contribution < 1.29 is 14.4 Å². The maximum absolute atomic E-state index is 12.1. The van der Waals surface area contributed by atoms with Crippen LogP contribution in [0.5, 0.6) is 0 Å². The molecule has 0 aromatic heterocycles. The maximum Gasteiger partial charge on any atom is 0.240 e. The topological polar surface area (TPSA) is 66.5 Å². The summed E-state index contributed by atoms with van der Waals surface area (Å²) in [7, 11) is 0. The van der Waals surface area contributed by atoms with Crippen molar-refractivity contribution in [2.75, 3.05) is 19.6 Å². The first-order valence-electron chi connectivity index (χ1n) is 5.70. The molecule has 0 atom stereocenters. The van der Waals surface area contributed by atoms with Crippen LogP contribution in [0, 0.1) is 6.92 Å². The molecule has 5 heteroatoms. The van der Waals surface area contributed by atoms with E-state index in [0.717, 1.165) is 5.56 Å². The fraction of sp³-hybridized carbons (Fsp3) is 0.308. The maximum atomic E-state index is 12.1. The smallest absolute Gasteiger partial charge is 0.240 e. The number of carbonyl (C=O) groups excluding carboxylic acids is 3. The average Bonchev–Trinajstić information content (AvgIpc) is 2.27. The molecule has 1 aliphatic rings. The van der Waals surface area contributed by atoms with Gasteiger partial charge in [0.1, 0.15) is 0 Å². The zero-order valence-electron chi connectivity index (χ0n) is 10.1. The molecule has 94 valence electrons. The molecule has 1 N–H and O–H groups in total. The number of carbonyl (C=O) groups is 3. The molecule has 2 rings (SSSR count). The molecule has 0 spiro atoms. The minimum atomic E-state index is -0.358. The van der Waals surface area contributed by atoms with Crippen LogP contribution >= 0.6 is 0 Å². The van der Waals surface area contributed by atoms with Gasteiger partial charge in [0.15, 0.2) is 5.78 Å². The largest absolute Gasteiger partial charge is 0.294 e. The van der Waals surface area contributed by atoms with Crippen LogP contribution in [-0.2, 0) is 9.59 Å². The van der Waals surface area contributed by atoms with Crippen molar-refractivity contribution in [1.82, 2.24) is 10.2 Å². The Hall–Kier alpha value is -2.01. The molecule has 1 aliphatic heterocycles. The molecule has 1 saturated heterocycles. The number of ketones is 1. The van der Waals surface area contributed by atoms with Crippen molar-refractivity contribution in [3.05, 3.63) is 35.4 Å². The van der Waals surface area contributed by atoms with Crippen LogP contribution in [-0.4, -0.2) is 42.1 Å². The predicted molar refractivity (Wildman–Crippen MR) is 65.1 cm³/mol. The number of hydrogen-bond acceptors (Lipinski definition) is 4. The Kier molecular flexibility index (Phi) is 3.53. The van der Waals surface area contributed by atoms with E-state index in [-0.39, 0.29) is 37.2 Å². The normalized spacial score (nSPS) is 16.5. The van der Waals surface area contributed by atoms with Crippen molar-refractivity contribution in [2.24, 2.45) is 0 Å². The molecule has 1 heterocycles. The van der Waals surface area contributed by atoms with E-state index in [1.165, 1.54) is 0 Å². The molecule has 0 saturated carbocycles. The molecule has 18 heavy (non-hydrogen) atoms. The Morgan fingerprint density at radius 1 is 1.22 bits per heavy atom.